The van der Waals surface area contributed by atoms with Crippen molar-refractivity contribution in [3.8, 4) is 17.2 Å². The molecular formula is C19H22FNO4. The van der Waals surface area contributed by atoms with Crippen LogP contribution in [0.4, 0.5) is 4.39 Å². The molecule has 1 N–H and O–H groups in total. The van der Waals surface area contributed by atoms with Crippen LogP contribution in [0.1, 0.15) is 18.9 Å². The molecule has 0 aliphatic carbocycles. The Morgan fingerprint density at radius 1 is 1.08 bits per heavy atom. The number of carbonyl (C=O) groups excluding carboxylic acids is 1. The van der Waals surface area contributed by atoms with Crippen molar-refractivity contribution in [2.45, 2.75) is 26.0 Å². The Balaban J connectivity index is 1.96. The standard InChI is InChI=1S/C19H22FNO4/c1-4-16(25-15-8-6-14(20)7-9-15)19(22)21-12-13-5-10-17(23-2)18(11-13)24-3/h5-11,16H,4,12H2,1-3H3,(H,21,22)/t16-/m1/s1. The molecule has 0 saturated heterocycles. The summed E-state index contributed by atoms with van der Waals surface area (Å²) < 4.78 is 29.0. The number of hydrogen-bond donors (Lipinski definition) is 1. The van der Waals surface area contributed by atoms with E-state index in [-0.39, 0.29) is 11.7 Å². The van der Waals surface area contributed by atoms with Gasteiger partial charge < -0.3 is 19.5 Å². The zero-order valence-electron chi connectivity index (χ0n) is 14.5. The van der Waals surface area contributed by atoms with E-state index in [1.165, 1.54) is 24.3 Å². The molecule has 0 spiro atoms. The maximum Gasteiger partial charge on any atom is 0.261 e. The molecule has 6 heteroatoms. The highest BCUT2D eigenvalue weighted by Crippen LogP contribution is 2.27. The maximum atomic E-state index is 12.9. The molecule has 5 nitrogen and oxygen atoms in total. The van der Waals surface area contributed by atoms with E-state index in [1.807, 2.05) is 13.0 Å². The van der Waals surface area contributed by atoms with Crippen molar-refractivity contribution in [2.75, 3.05) is 14.2 Å². The van der Waals surface area contributed by atoms with Crippen molar-refractivity contribution < 1.29 is 23.4 Å². The van der Waals surface area contributed by atoms with Crippen LogP contribution in [0.15, 0.2) is 42.5 Å². The molecule has 1 amide bonds. The summed E-state index contributed by atoms with van der Waals surface area (Å²) in [4.78, 5) is 12.3. The van der Waals surface area contributed by atoms with Crippen LogP contribution in [-0.4, -0.2) is 26.2 Å². The average molecular weight is 347 g/mol. The number of halogens is 1. The Labute approximate surface area is 146 Å². The average Bonchev–Trinajstić information content (AvgIpc) is 2.65. The van der Waals surface area contributed by atoms with Crippen molar-refractivity contribution in [3.05, 3.63) is 53.8 Å². The van der Waals surface area contributed by atoms with Crippen LogP contribution in [0, 0.1) is 5.82 Å². The summed E-state index contributed by atoms with van der Waals surface area (Å²) in [6, 6.07) is 11.0. The molecule has 0 radical (unpaired) electrons. The molecule has 0 aliphatic heterocycles. The van der Waals surface area contributed by atoms with Crippen molar-refractivity contribution >= 4 is 5.91 Å². The molecule has 0 aliphatic rings. The van der Waals surface area contributed by atoms with Gasteiger partial charge in [-0.25, -0.2) is 4.39 Å². The van der Waals surface area contributed by atoms with E-state index in [0.717, 1.165) is 5.56 Å². The van der Waals surface area contributed by atoms with Crippen molar-refractivity contribution in [3.63, 3.8) is 0 Å². The van der Waals surface area contributed by atoms with Crippen LogP contribution in [0.25, 0.3) is 0 Å². The topological polar surface area (TPSA) is 56.8 Å². The van der Waals surface area contributed by atoms with Gasteiger partial charge in [-0.05, 0) is 48.4 Å². The second kappa shape index (κ2) is 8.92. The van der Waals surface area contributed by atoms with Gasteiger partial charge in [0.2, 0.25) is 0 Å². The number of carbonyl (C=O) groups is 1. The summed E-state index contributed by atoms with van der Waals surface area (Å²) >= 11 is 0. The van der Waals surface area contributed by atoms with Crippen molar-refractivity contribution in [2.24, 2.45) is 0 Å². The van der Waals surface area contributed by atoms with Crippen molar-refractivity contribution in [1.29, 1.82) is 0 Å². The van der Waals surface area contributed by atoms with Gasteiger partial charge in [0, 0.05) is 6.54 Å². The Morgan fingerprint density at radius 2 is 1.76 bits per heavy atom. The zero-order valence-corrected chi connectivity index (χ0v) is 14.5. The molecule has 2 rings (SSSR count). The Bertz CT molecular complexity index is 703. The molecule has 0 aromatic heterocycles. The normalized spacial score (nSPS) is 11.5. The third kappa shape index (κ3) is 5.11. The second-order valence-corrected chi connectivity index (χ2v) is 5.38. The fourth-order valence-corrected chi connectivity index (χ4v) is 2.29. The number of methoxy groups -OCH3 is 2. The summed E-state index contributed by atoms with van der Waals surface area (Å²) in [5.74, 6) is 1.10. The highest BCUT2D eigenvalue weighted by Gasteiger charge is 2.18. The first-order valence-electron chi connectivity index (χ1n) is 7.98. The Morgan fingerprint density at radius 3 is 2.36 bits per heavy atom. The van der Waals surface area contributed by atoms with E-state index >= 15 is 0 Å². The molecule has 0 saturated carbocycles. The fraction of sp³-hybridized carbons (Fsp3) is 0.316. The molecule has 0 unspecified atom stereocenters. The number of rotatable bonds is 8. The minimum Gasteiger partial charge on any atom is -0.493 e. The SMILES string of the molecule is CC[C@@H](Oc1ccc(F)cc1)C(=O)NCc1ccc(OC)c(OC)c1. The lowest BCUT2D eigenvalue weighted by atomic mass is 10.2. The maximum absolute atomic E-state index is 12.9. The molecule has 0 bridgehead atoms. The summed E-state index contributed by atoms with van der Waals surface area (Å²) in [6.07, 6.45) is -0.152. The fourth-order valence-electron chi connectivity index (χ4n) is 2.29. The molecule has 1 atom stereocenters. The van der Waals surface area contributed by atoms with Gasteiger partial charge >= 0.3 is 0 Å². The van der Waals surface area contributed by atoms with Gasteiger partial charge in [-0.2, -0.15) is 0 Å². The van der Waals surface area contributed by atoms with E-state index in [4.69, 9.17) is 14.2 Å². The first-order valence-corrected chi connectivity index (χ1v) is 7.98. The quantitative estimate of drug-likeness (QED) is 0.796. The van der Waals surface area contributed by atoms with E-state index in [0.29, 0.717) is 30.2 Å². The number of ether oxygens (including phenoxy) is 3. The third-order valence-electron chi connectivity index (χ3n) is 3.67. The Hall–Kier alpha value is -2.76. The van der Waals surface area contributed by atoms with E-state index in [2.05, 4.69) is 5.32 Å². The number of hydrogen-bond acceptors (Lipinski definition) is 4. The summed E-state index contributed by atoms with van der Waals surface area (Å²) in [7, 11) is 3.13. The lowest BCUT2D eigenvalue weighted by molar-refractivity contribution is -0.128. The van der Waals surface area contributed by atoms with Gasteiger partial charge in [0.1, 0.15) is 11.6 Å². The molecule has 2 aromatic rings. The number of nitrogens with one attached hydrogen (secondary N) is 1. The molecule has 134 valence electrons. The van der Waals surface area contributed by atoms with Gasteiger partial charge in [-0.3, -0.25) is 4.79 Å². The van der Waals surface area contributed by atoms with Crippen LogP contribution in [0.2, 0.25) is 0 Å². The van der Waals surface area contributed by atoms with E-state index in [1.54, 1.807) is 26.4 Å². The third-order valence-corrected chi connectivity index (χ3v) is 3.67. The monoisotopic (exact) mass is 347 g/mol. The van der Waals surface area contributed by atoms with Gasteiger partial charge in [0.15, 0.2) is 17.6 Å². The lowest BCUT2D eigenvalue weighted by Crippen LogP contribution is -2.37. The van der Waals surface area contributed by atoms with Gasteiger partial charge in [0.05, 0.1) is 14.2 Å². The molecule has 0 heterocycles. The van der Waals surface area contributed by atoms with Crippen LogP contribution >= 0.6 is 0 Å². The number of amides is 1. The first-order chi connectivity index (χ1) is 12.1. The van der Waals surface area contributed by atoms with E-state index < -0.39 is 6.10 Å². The number of benzene rings is 2. The second-order valence-electron chi connectivity index (χ2n) is 5.38. The predicted octanol–water partition coefficient (Wildman–Crippen LogP) is 3.32. The van der Waals surface area contributed by atoms with Crippen LogP contribution in [0.3, 0.4) is 0 Å². The summed E-state index contributed by atoms with van der Waals surface area (Å²) in [5.41, 5.74) is 0.877. The zero-order chi connectivity index (χ0) is 18.2. The minimum absolute atomic E-state index is 0.235. The Kier molecular flexibility index (Phi) is 6.62. The predicted molar refractivity (Wildman–Crippen MR) is 92.5 cm³/mol. The highest BCUT2D eigenvalue weighted by atomic mass is 19.1. The molecular weight excluding hydrogens is 325 g/mol. The lowest BCUT2D eigenvalue weighted by Gasteiger charge is -2.17. The first kappa shape index (κ1) is 18.6. The van der Waals surface area contributed by atoms with E-state index in [9.17, 15) is 9.18 Å². The summed E-state index contributed by atoms with van der Waals surface area (Å²) in [5, 5.41) is 2.84. The van der Waals surface area contributed by atoms with Gasteiger partial charge in [-0.1, -0.05) is 13.0 Å². The minimum atomic E-state index is -0.648. The van der Waals surface area contributed by atoms with Gasteiger partial charge in [0.25, 0.3) is 5.91 Å². The van der Waals surface area contributed by atoms with Crippen LogP contribution < -0.4 is 19.5 Å². The summed E-state index contributed by atoms with van der Waals surface area (Å²) in [6.45, 7) is 2.19. The van der Waals surface area contributed by atoms with Gasteiger partial charge in [-0.15, -0.1) is 0 Å². The van der Waals surface area contributed by atoms with Crippen LogP contribution in [-0.2, 0) is 11.3 Å². The van der Waals surface area contributed by atoms with Crippen LogP contribution in [0.5, 0.6) is 17.2 Å². The highest BCUT2D eigenvalue weighted by molar-refractivity contribution is 5.81. The molecule has 0 fully saturated rings. The smallest absolute Gasteiger partial charge is 0.261 e. The molecule has 25 heavy (non-hydrogen) atoms. The molecule has 2 aromatic carbocycles. The van der Waals surface area contributed by atoms with Crippen molar-refractivity contribution in [1.82, 2.24) is 5.32 Å². The largest absolute Gasteiger partial charge is 0.493 e.